The van der Waals surface area contributed by atoms with Crippen molar-refractivity contribution in [1.29, 1.82) is 0 Å². The van der Waals surface area contributed by atoms with E-state index in [0.29, 0.717) is 20.1 Å². The van der Waals surface area contributed by atoms with Gasteiger partial charge < -0.3 is 0 Å². The first-order valence-corrected chi connectivity index (χ1v) is 6.76. The number of hydrogen-bond acceptors (Lipinski definition) is 2. The van der Waals surface area contributed by atoms with Gasteiger partial charge in [-0.25, -0.2) is 0 Å². The van der Waals surface area contributed by atoms with Gasteiger partial charge in [0, 0.05) is 0 Å². The molecule has 19 heavy (non-hydrogen) atoms. The van der Waals surface area contributed by atoms with Crippen LogP contribution in [-0.4, -0.2) is 6.21 Å². The Kier molecular flexibility index (Phi) is 4.94. The maximum Gasteiger partial charge on any atom is 0.0613 e. The van der Waals surface area contributed by atoms with E-state index in [4.69, 9.17) is 46.4 Å². The van der Waals surface area contributed by atoms with Crippen LogP contribution in [-0.2, 0) is 0 Å². The van der Waals surface area contributed by atoms with Gasteiger partial charge in [-0.1, -0.05) is 52.5 Å². The second kappa shape index (κ2) is 6.49. The fourth-order valence-corrected chi connectivity index (χ4v) is 1.94. The van der Waals surface area contributed by atoms with Gasteiger partial charge >= 0.3 is 0 Å². The third kappa shape index (κ3) is 4.02. The summed E-state index contributed by atoms with van der Waals surface area (Å²) in [5.41, 5.74) is 4.42. The zero-order valence-corrected chi connectivity index (χ0v) is 12.5. The molecule has 0 saturated heterocycles. The lowest BCUT2D eigenvalue weighted by Gasteiger charge is -2.02. The van der Waals surface area contributed by atoms with E-state index in [9.17, 15) is 0 Å². The third-order valence-electron chi connectivity index (χ3n) is 2.27. The number of hydrazone groups is 1. The number of rotatable bonds is 3. The molecule has 98 valence electrons. The standard InChI is InChI=1S/C13H8Cl4N2/c14-10-3-1-8(5-12(10)16)7-18-19-9-2-4-11(15)13(17)6-9/h1-7,19H/b18-7+. The zero-order chi connectivity index (χ0) is 13.8. The van der Waals surface area contributed by atoms with Crippen LogP contribution in [0, 0.1) is 0 Å². The molecule has 2 aromatic rings. The van der Waals surface area contributed by atoms with Crippen LogP contribution < -0.4 is 5.43 Å². The van der Waals surface area contributed by atoms with Crippen LogP contribution in [0.4, 0.5) is 5.69 Å². The molecule has 0 spiro atoms. The highest BCUT2D eigenvalue weighted by Gasteiger charge is 1.99. The summed E-state index contributed by atoms with van der Waals surface area (Å²) in [6.45, 7) is 0. The van der Waals surface area contributed by atoms with Crippen molar-refractivity contribution < 1.29 is 0 Å². The molecule has 0 radical (unpaired) electrons. The minimum Gasteiger partial charge on any atom is -0.278 e. The highest BCUT2D eigenvalue weighted by Crippen LogP contribution is 2.25. The number of nitrogens with one attached hydrogen (secondary N) is 1. The molecule has 6 heteroatoms. The largest absolute Gasteiger partial charge is 0.278 e. The third-order valence-corrected chi connectivity index (χ3v) is 3.75. The number of benzene rings is 2. The molecule has 2 nitrogen and oxygen atoms in total. The molecule has 0 atom stereocenters. The van der Waals surface area contributed by atoms with Crippen molar-refractivity contribution in [3.05, 3.63) is 62.1 Å². The van der Waals surface area contributed by atoms with E-state index in [1.165, 1.54) is 0 Å². The lowest BCUT2D eigenvalue weighted by molar-refractivity contribution is 1.35. The van der Waals surface area contributed by atoms with Gasteiger partial charge in [0.25, 0.3) is 0 Å². The van der Waals surface area contributed by atoms with Gasteiger partial charge in [0.15, 0.2) is 0 Å². The van der Waals surface area contributed by atoms with Crippen molar-refractivity contribution >= 4 is 58.3 Å². The Morgan fingerprint density at radius 2 is 1.42 bits per heavy atom. The van der Waals surface area contributed by atoms with Crippen molar-refractivity contribution in [2.75, 3.05) is 5.43 Å². The Balaban J connectivity index is 2.06. The van der Waals surface area contributed by atoms with E-state index in [-0.39, 0.29) is 0 Å². The van der Waals surface area contributed by atoms with Crippen molar-refractivity contribution in [1.82, 2.24) is 0 Å². The van der Waals surface area contributed by atoms with Gasteiger partial charge in [-0.05, 0) is 35.9 Å². The molecule has 0 aliphatic carbocycles. The summed E-state index contributed by atoms with van der Waals surface area (Å²) < 4.78 is 0. The number of halogens is 4. The molecule has 0 amide bonds. The Bertz CT molecular complexity index is 626. The lowest BCUT2D eigenvalue weighted by atomic mass is 10.2. The minimum atomic E-state index is 0.469. The number of anilines is 1. The van der Waals surface area contributed by atoms with E-state index in [0.717, 1.165) is 11.3 Å². The van der Waals surface area contributed by atoms with Gasteiger partial charge in [-0.15, -0.1) is 0 Å². The van der Waals surface area contributed by atoms with Gasteiger partial charge in [0.05, 0.1) is 32.0 Å². The summed E-state index contributed by atoms with van der Waals surface area (Å²) in [6, 6.07) is 10.4. The van der Waals surface area contributed by atoms with Crippen LogP contribution in [0.15, 0.2) is 41.5 Å². The van der Waals surface area contributed by atoms with Crippen LogP contribution in [0.25, 0.3) is 0 Å². The van der Waals surface area contributed by atoms with E-state index >= 15 is 0 Å². The van der Waals surface area contributed by atoms with Crippen LogP contribution in [0.5, 0.6) is 0 Å². The molecule has 0 aromatic heterocycles. The summed E-state index contributed by atoms with van der Waals surface area (Å²) in [7, 11) is 0. The fourth-order valence-electron chi connectivity index (χ4n) is 1.34. The Morgan fingerprint density at radius 1 is 0.789 bits per heavy atom. The topological polar surface area (TPSA) is 24.4 Å². The van der Waals surface area contributed by atoms with Crippen LogP contribution >= 0.6 is 46.4 Å². The Morgan fingerprint density at radius 3 is 2.05 bits per heavy atom. The first kappa shape index (κ1) is 14.5. The first-order valence-electron chi connectivity index (χ1n) is 5.25. The predicted molar refractivity (Wildman–Crippen MR) is 84.1 cm³/mol. The Labute approximate surface area is 130 Å². The molecule has 2 aromatic carbocycles. The molecule has 2 rings (SSSR count). The highest BCUT2D eigenvalue weighted by atomic mass is 35.5. The molecule has 0 aliphatic heterocycles. The van der Waals surface area contributed by atoms with E-state index in [1.807, 2.05) is 6.07 Å². The molecule has 0 bridgehead atoms. The average Bonchev–Trinajstić information content (AvgIpc) is 2.38. The smallest absolute Gasteiger partial charge is 0.0613 e. The van der Waals surface area contributed by atoms with Gasteiger partial charge in [0.2, 0.25) is 0 Å². The maximum absolute atomic E-state index is 5.90. The summed E-state index contributed by atoms with van der Waals surface area (Å²) >= 11 is 23.4. The monoisotopic (exact) mass is 332 g/mol. The SMILES string of the molecule is Clc1ccc(/C=N/Nc2ccc(Cl)c(Cl)c2)cc1Cl. The van der Waals surface area contributed by atoms with Crippen LogP contribution in [0.2, 0.25) is 20.1 Å². The predicted octanol–water partition coefficient (Wildman–Crippen LogP) is 5.75. The van der Waals surface area contributed by atoms with Crippen molar-refractivity contribution in [3.8, 4) is 0 Å². The fraction of sp³-hybridized carbons (Fsp3) is 0. The van der Waals surface area contributed by atoms with Gasteiger partial charge in [0.1, 0.15) is 0 Å². The molecular formula is C13H8Cl4N2. The molecule has 0 fully saturated rings. The maximum atomic E-state index is 5.90. The van der Waals surface area contributed by atoms with Crippen molar-refractivity contribution in [2.45, 2.75) is 0 Å². The highest BCUT2D eigenvalue weighted by molar-refractivity contribution is 6.42. The molecule has 0 saturated carbocycles. The van der Waals surface area contributed by atoms with Crippen LogP contribution in [0.1, 0.15) is 5.56 Å². The molecular weight excluding hydrogens is 326 g/mol. The van der Waals surface area contributed by atoms with E-state index in [2.05, 4.69) is 10.5 Å². The zero-order valence-electron chi connectivity index (χ0n) is 9.50. The summed E-state index contributed by atoms with van der Waals surface area (Å²) in [5, 5.41) is 6.04. The summed E-state index contributed by atoms with van der Waals surface area (Å²) in [4.78, 5) is 0. The van der Waals surface area contributed by atoms with Gasteiger partial charge in [-0.2, -0.15) is 5.10 Å². The summed E-state index contributed by atoms with van der Waals surface area (Å²) in [6.07, 6.45) is 1.63. The number of nitrogens with zero attached hydrogens (tertiary/aromatic N) is 1. The normalized spacial score (nSPS) is 10.9. The van der Waals surface area contributed by atoms with Crippen molar-refractivity contribution in [3.63, 3.8) is 0 Å². The number of hydrogen-bond donors (Lipinski definition) is 1. The van der Waals surface area contributed by atoms with Crippen LogP contribution in [0.3, 0.4) is 0 Å². The second-order valence-electron chi connectivity index (χ2n) is 3.67. The second-order valence-corrected chi connectivity index (χ2v) is 5.30. The first-order chi connectivity index (χ1) is 9.06. The Hall–Kier alpha value is -0.930. The average molecular weight is 334 g/mol. The molecule has 0 heterocycles. The van der Waals surface area contributed by atoms with E-state index < -0.39 is 0 Å². The lowest BCUT2D eigenvalue weighted by Crippen LogP contribution is -1.90. The van der Waals surface area contributed by atoms with Crippen molar-refractivity contribution in [2.24, 2.45) is 5.10 Å². The molecule has 0 unspecified atom stereocenters. The van der Waals surface area contributed by atoms with Gasteiger partial charge in [-0.3, -0.25) is 5.43 Å². The summed E-state index contributed by atoms with van der Waals surface area (Å²) in [5.74, 6) is 0. The van der Waals surface area contributed by atoms with E-state index in [1.54, 1.807) is 36.5 Å². The molecule has 1 N–H and O–H groups in total. The molecule has 0 aliphatic rings. The quantitative estimate of drug-likeness (QED) is 0.561. The minimum absolute atomic E-state index is 0.469.